The number of aromatic nitrogens is 1. The number of hydrogen-bond donors (Lipinski definition) is 2. The molecule has 0 saturated carbocycles. The minimum absolute atomic E-state index is 0.0231. The van der Waals surface area contributed by atoms with Gasteiger partial charge < -0.3 is 14.6 Å². The Morgan fingerprint density at radius 1 is 1.33 bits per heavy atom. The highest BCUT2D eigenvalue weighted by Crippen LogP contribution is 2.34. The molecule has 0 aromatic carbocycles. The van der Waals surface area contributed by atoms with Gasteiger partial charge in [-0.25, -0.2) is 0 Å². The second kappa shape index (κ2) is 4.04. The van der Waals surface area contributed by atoms with Crippen LogP contribution < -0.4 is 15.0 Å². The molecule has 0 fully saturated rings. The molecule has 0 saturated heterocycles. The number of ether oxygens (including phenoxy) is 2. The number of hydrogen-bond acceptors (Lipinski definition) is 5. The number of pyridine rings is 1. The summed E-state index contributed by atoms with van der Waals surface area (Å²) >= 11 is 0. The Bertz CT molecular complexity index is 449. The van der Waals surface area contributed by atoms with Gasteiger partial charge in [0.05, 0.1) is 14.2 Å². The van der Waals surface area contributed by atoms with E-state index in [9.17, 15) is 14.7 Å². The third-order valence-electron chi connectivity index (χ3n) is 1.87. The molecular weight excluding hydrogens is 202 g/mol. The van der Waals surface area contributed by atoms with Crippen molar-refractivity contribution in [2.75, 3.05) is 14.2 Å². The van der Waals surface area contributed by atoms with Crippen LogP contribution in [0.1, 0.15) is 17.3 Å². The molecule has 0 atom stereocenters. The summed E-state index contributed by atoms with van der Waals surface area (Å²) in [5.74, 6) is -1.15. The van der Waals surface area contributed by atoms with Crippen LogP contribution in [0.25, 0.3) is 0 Å². The van der Waals surface area contributed by atoms with E-state index < -0.39 is 17.1 Å². The van der Waals surface area contributed by atoms with E-state index >= 15 is 0 Å². The summed E-state index contributed by atoms with van der Waals surface area (Å²) in [4.78, 5) is 24.7. The Balaban J connectivity index is 3.59. The summed E-state index contributed by atoms with van der Waals surface area (Å²) in [5, 5.41) is 9.61. The molecule has 1 rings (SSSR count). The summed E-state index contributed by atoms with van der Waals surface area (Å²) in [6.45, 7) is 1.18. The molecule has 6 nitrogen and oxygen atoms in total. The highest BCUT2D eigenvalue weighted by molar-refractivity contribution is 5.97. The maximum Gasteiger partial charge on any atom is 0.265 e. The number of aromatic amines is 1. The fraction of sp³-hybridized carbons (Fsp3) is 0.333. The zero-order chi connectivity index (χ0) is 11.6. The molecule has 1 aromatic heterocycles. The SMILES string of the molecule is COc1[nH]c(=O)c(C(C)=O)c(O)c1OC. The normalized spacial score (nSPS) is 9.80. The monoisotopic (exact) mass is 213 g/mol. The first-order valence-electron chi connectivity index (χ1n) is 4.11. The molecule has 0 aliphatic rings. The number of Topliss-reactive ketones (excluding diaryl/α,β-unsaturated/α-hetero) is 1. The molecule has 0 radical (unpaired) electrons. The van der Waals surface area contributed by atoms with Crippen LogP contribution in [-0.2, 0) is 0 Å². The van der Waals surface area contributed by atoms with Gasteiger partial charge in [-0.3, -0.25) is 14.6 Å². The second-order valence-electron chi connectivity index (χ2n) is 2.80. The molecule has 1 heterocycles. The molecule has 0 aliphatic carbocycles. The van der Waals surface area contributed by atoms with Gasteiger partial charge in [0.1, 0.15) is 5.56 Å². The highest BCUT2D eigenvalue weighted by atomic mass is 16.5. The molecule has 0 bridgehead atoms. The van der Waals surface area contributed by atoms with Gasteiger partial charge in [-0.1, -0.05) is 0 Å². The van der Waals surface area contributed by atoms with E-state index in [2.05, 4.69) is 4.98 Å². The van der Waals surface area contributed by atoms with Crippen molar-refractivity contribution in [3.05, 3.63) is 15.9 Å². The number of aromatic hydroxyl groups is 1. The Hall–Kier alpha value is -1.98. The Morgan fingerprint density at radius 2 is 1.93 bits per heavy atom. The van der Waals surface area contributed by atoms with Gasteiger partial charge in [-0.2, -0.15) is 0 Å². The Morgan fingerprint density at radius 3 is 2.33 bits per heavy atom. The van der Waals surface area contributed by atoms with Crippen LogP contribution in [0.15, 0.2) is 4.79 Å². The lowest BCUT2D eigenvalue weighted by Gasteiger charge is -2.10. The molecule has 15 heavy (non-hydrogen) atoms. The fourth-order valence-electron chi connectivity index (χ4n) is 1.21. The average molecular weight is 213 g/mol. The minimum atomic E-state index is -0.711. The van der Waals surface area contributed by atoms with Crippen LogP contribution in [0, 0.1) is 0 Å². The molecule has 2 N–H and O–H groups in total. The van der Waals surface area contributed by atoms with Crippen molar-refractivity contribution in [1.82, 2.24) is 4.98 Å². The fourth-order valence-corrected chi connectivity index (χ4v) is 1.21. The van der Waals surface area contributed by atoms with Crippen LogP contribution in [-0.4, -0.2) is 30.1 Å². The molecular formula is C9H11NO5. The largest absolute Gasteiger partial charge is 0.503 e. The van der Waals surface area contributed by atoms with E-state index in [-0.39, 0.29) is 17.2 Å². The number of carbonyl (C=O) groups excluding carboxylic acids is 1. The first kappa shape index (κ1) is 11.1. The smallest absolute Gasteiger partial charge is 0.265 e. The van der Waals surface area contributed by atoms with Crippen molar-refractivity contribution in [2.45, 2.75) is 6.92 Å². The number of methoxy groups -OCH3 is 2. The van der Waals surface area contributed by atoms with Crippen LogP contribution in [0.4, 0.5) is 0 Å². The van der Waals surface area contributed by atoms with Gasteiger partial charge in [-0.15, -0.1) is 0 Å². The van der Waals surface area contributed by atoms with Crippen molar-refractivity contribution in [2.24, 2.45) is 0 Å². The third kappa shape index (κ3) is 1.78. The van der Waals surface area contributed by atoms with E-state index in [4.69, 9.17) is 9.47 Å². The highest BCUT2D eigenvalue weighted by Gasteiger charge is 2.21. The zero-order valence-electron chi connectivity index (χ0n) is 8.58. The molecule has 6 heteroatoms. The number of ketones is 1. The predicted molar refractivity (Wildman–Crippen MR) is 51.8 cm³/mol. The van der Waals surface area contributed by atoms with Crippen molar-refractivity contribution in [1.29, 1.82) is 0 Å². The lowest BCUT2D eigenvalue weighted by Crippen LogP contribution is -2.17. The Kier molecular flexibility index (Phi) is 2.99. The summed E-state index contributed by atoms with van der Waals surface area (Å²) in [5.41, 5.74) is -1.05. The van der Waals surface area contributed by atoms with Gasteiger partial charge >= 0.3 is 0 Å². The average Bonchev–Trinajstić information content (AvgIpc) is 2.16. The van der Waals surface area contributed by atoms with Gasteiger partial charge in [0, 0.05) is 0 Å². The van der Waals surface area contributed by atoms with E-state index in [1.54, 1.807) is 0 Å². The molecule has 1 aromatic rings. The van der Waals surface area contributed by atoms with E-state index in [1.807, 2.05) is 0 Å². The van der Waals surface area contributed by atoms with Crippen molar-refractivity contribution < 1.29 is 19.4 Å². The Labute approximate surface area is 85.5 Å². The summed E-state index contributed by atoms with van der Waals surface area (Å²) in [7, 11) is 2.60. The molecule has 0 amide bonds. The summed E-state index contributed by atoms with van der Waals surface area (Å²) in [6.07, 6.45) is 0. The topological polar surface area (TPSA) is 88.6 Å². The summed E-state index contributed by atoms with van der Waals surface area (Å²) < 4.78 is 9.60. The van der Waals surface area contributed by atoms with Crippen molar-refractivity contribution >= 4 is 5.78 Å². The maximum atomic E-state index is 11.4. The second-order valence-corrected chi connectivity index (χ2v) is 2.80. The number of nitrogens with one attached hydrogen (secondary N) is 1. The molecule has 0 unspecified atom stereocenters. The standard InChI is InChI=1S/C9H11NO5/c1-4(11)5-6(12)7(14-2)9(15-3)10-8(5)13/h1-3H3,(H2,10,12,13). The zero-order valence-corrected chi connectivity index (χ0v) is 8.58. The first-order valence-corrected chi connectivity index (χ1v) is 4.11. The van der Waals surface area contributed by atoms with Gasteiger partial charge in [-0.05, 0) is 6.92 Å². The quantitative estimate of drug-likeness (QED) is 0.705. The van der Waals surface area contributed by atoms with Crippen molar-refractivity contribution in [3.63, 3.8) is 0 Å². The van der Waals surface area contributed by atoms with E-state index in [0.29, 0.717) is 0 Å². The molecule has 0 spiro atoms. The van der Waals surface area contributed by atoms with Gasteiger partial charge in [0.25, 0.3) is 5.56 Å². The van der Waals surface area contributed by atoms with Crippen LogP contribution in [0.2, 0.25) is 0 Å². The number of carbonyl (C=O) groups is 1. The van der Waals surface area contributed by atoms with E-state index in [1.165, 1.54) is 21.1 Å². The lowest BCUT2D eigenvalue weighted by atomic mass is 10.2. The first-order chi connectivity index (χ1) is 7.02. The minimum Gasteiger partial charge on any atom is -0.503 e. The predicted octanol–water partition coefficient (Wildman–Crippen LogP) is 0.300. The number of H-pyrrole nitrogens is 1. The van der Waals surface area contributed by atoms with Crippen molar-refractivity contribution in [3.8, 4) is 17.4 Å². The summed E-state index contributed by atoms with van der Waals surface area (Å²) in [6, 6.07) is 0. The van der Waals surface area contributed by atoms with E-state index in [0.717, 1.165) is 0 Å². The maximum absolute atomic E-state index is 11.4. The van der Waals surface area contributed by atoms with Gasteiger partial charge in [0.2, 0.25) is 11.6 Å². The van der Waals surface area contributed by atoms with Gasteiger partial charge in [0.15, 0.2) is 11.5 Å². The van der Waals surface area contributed by atoms with Crippen LogP contribution in [0.5, 0.6) is 17.4 Å². The molecule has 82 valence electrons. The lowest BCUT2D eigenvalue weighted by molar-refractivity contribution is 0.101. The molecule has 0 aliphatic heterocycles. The van der Waals surface area contributed by atoms with Crippen LogP contribution in [0.3, 0.4) is 0 Å². The number of rotatable bonds is 3. The van der Waals surface area contributed by atoms with Crippen LogP contribution >= 0.6 is 0 Å². The third-order valence-corrected chi connectivity index (χ3v) is 1.87.